The molecule has 0 saturated carbocycles. The van der Waals surface area contributed by atoms with Crippen molar-refractivity contribution >= 4 is 0 Å². The zero-order valence-electron chi connectivity index (χ0n) is 10.8. The lowest BCUT2D eigenvalue weighted by molar-refractivity contribution is 0.325. The smallest absolute Gasteiger partial charge is 0.122 e. The number of ether oxygens (including phenoxy) is 1. The molecule has 2 rings (SSSR count). The van der Waals surface area contributed by atoms with Crippen molar-refractivity contribution in [3.05, 3.63) is 29.3 Å². The third-order valence-corrected chi connectivity index (χ3v) is 3.13. The summed E-state index contributed by atoms with van der Waals surface area (Å²) in [7, 11) is 2.17. The molecule has 0 spiro atoms. The number of hydrogen-bond donors (Lipinski definition) is 1. The molecule has 0 aromatic heterocycles. The predicted octanol–water partition coefficient (Wildman–Crippen LogP) is 1.66. The zero-order valence-corrected chi connectivity index (χ0v) is 10.8. The monoisotopic (exact) mass is 234 g/mol. The van der Waals surface area contributed by atoms with E-state index in [1.165, 1.54) is 11.1 Å². The highest BCUT2D eigenvalue weighted by atomic mass is 16.5. The lowest BCUT2D eigenvalue weighted by atomic mass is 10.1. The lowest BCUT2D eigenvalue weighted by Gasteiger charge is -2.17. The van der Waals surface area contributed by atoms with Crippen molar-refractivity contribution < 1.29 is 4.74 Å². The Hall–Kier alpha value is -1.06. The maximum absolute atomic E-state index is 5.51. The summed E-state index contributed by atoms with van der Waals surface area (Å²) in [6.45, 7) is 7.18. The van der Waals surface area contributed by atoms with E-state index < -0.39 is 0 Å². The highest BCUT2D eigenvalue weighted by Gasteiger charge is 2.12. The van der Waals surface area contributed by atoms with E-state index in [1.807, 2.05) is 0 Å². The van der Waals surface area contributed by atoms with Gasteiger partial charge in [0.05, 0.1) is 6.61 Å². The van der Waals surface area contributed by atoms with Crippen molar-refractivity contribution in [1.29, 1.82) is 0 Å². The normalized spacial score (nSPS) is 13.8. The molecule has 94 valence electrons. The van der Waals surface area contributed by atoms with Crippen molar-refractivity contribution in [3.63, 3.8) is 0 Å². The first kappa shape index (κ1) is 12.4. The molecule has 1 aliphatic heterocycles. The van der Waals surface area contributed by atoms with E-state index in [2.05, 4.69) is 42.4 Å². The maximum atomic E-state index is 5.51. The van der Waals surface area contributed by atoms with Crippen LogP contribution >= 0.6 is 0 Å². The molecule has 0 saturated heterocycles. The Bertz CT molecular complexity index is 365. The van der Waals surface area contributed by atoms with Gasteiger partial charge in [0.25, 0.3) is 0 Å². The lowest BCUT2D eigenvalue weighted by Crippen LogP contribution is -2.28. The fourth-order valence-corrected chi connectivity index (χ4v) is 2.18. The first-order valence-corrected chi connectivity index (χ1v) is 6.43. The van der Waals surface area contributed by atoms with Gasteiger partial charge in [-0.1, -0.05) is 19.1 Å². The van der Waals surface area contributed by atoms with Gasteiger partial charge < -0.3 is 15.0 Å². The molecule has 0 aliphatic carbocycles. The van der Waals surface area contributed by atoms with Gasteiger partial charge in [-0.25, -0.2) is 0 Å². The molecule has 0 bridgehead atoms. The minimum absolute atomic E-state index is 0.842. The summed E-state index contributed by atoms with van der Waals surface area (Å²) in [5.41, 5.74) is 2.75. The van der Waals surface area contributed by atoms with Gasteiger partial charge in [0, 0.05) is 26.1 Å². The van der Waals surface area contributed by atoms with Crippen molar-refractivity contribution in [1.82, 2.24) is 10.2 Å². The molecule has 3 heteroatoms. The molecule has 3 nitrogen and oxygen atoms in total. The van der Waals surface area contributed by atoms with Gasteiger partial charge in [-0.05, 0) is 30.8 Å². The molecule has 17 heavy (non-hydrogen) atoms. The van der Waals surface area contributed by atoms with Gasteiger partial charge in [0.2, 0.25) is 0 Å². The van der Waals surface area contributed by atoms with E-state index in [-0.39, 0.29) is 0 Å². The highest BCUT2D eigenvalue weighted by Crippen LogP contribution is 2.26. The zero-order chi connectivity index (χ0) is 12.1. The molecule has 1 heterocycles. The van der Waals surface area contributed by atoms with Gasteiger partial charge in [0.15, 0.2) is 0 Å². The second kappa shape index (κ2) is 6.03. The van der Waals surface area contributed by atoms with E-state index >= 15 is 0 Å². The van der Waals surface area contributed by atoms with Crippen LogP contribution in [0.2, 0.25) is 0 Å². The van der Waals surface area contributed by atoms with Crippen molar-refractivity contribution in [2.75, 3.05) is 33.3 Å². The third kappa shape index (κ3) is 3.45. The van der Waals surface area contributed by atoms with Crippen molar-refractivity contribution in [2.45, 2.75) is 19.9 Å². The van der Waals surface area contributed by atoms with Crippen LogP contribution in [0.3, 0.4) is 0 Å². The van der Waals surface area contributed by atoms with Crippen LogP contribution in [-0.4, -0.2) is 38.2 Å². The number of rotatable bonds is 6. The van der Waals surface area contributed by atoms with E-state index in [0.29, 0.717) is 0 Å². The Balaban J connectivity index is 1.86. The molecule has 1 N–H and O–H groups in total. The second-order valence-electron chi connectivity index (χ2n) is 4.63. The van der Waals surface area contributed by atoms with Crippen LogP contribution in [0.25, 0.3) is 0 Å². The van der Waals surface area contributed by atoms with Crippen LogP contribution in [0.15, 0.2) is 18.2 Å². The minimum Gasteiger partial charge on any atom is -0.493 e. The SMILES string of the molecule is CCNCCN(C)Cc1ccc2c(c1)CCO2. The number of fused-ring (bicyclic) bond motifs is 1. The van der Waals surface area contributed by atoms with E-state index in [4.69, 9.17) is 4.74 Å². The van der Waals surface area contributed by atoms with Gasteiger partial charge in [-0.3, -0.25) is 0 Å². The third-order valence-electron chi connectivity index (χ3n) is 3.13. The standard InChI is InChI=1S/C14H22N2O/c1-3-15-7-8-16(2)11-12-4-5-14-13(10-12)6-9-17-14/h4-5,10,15H,3,6-9,11H2,1-2H3. The largest absolute Gasteiger partial charge is 0.493 e. The van der Waals surface area contributed by atoms with E-state index in [1.54, 1.807) is 0 Å². The van der Waals surface area contributed by atoms with Crippen LogP contribution in [0.5, 0.6) is 5.75 Å². The van der Waals surface area contributed by atoms with Crippen LogP contribution in [0.4, 0.5) is 0 Å². The summed E-state index contributed by atoms with van der Waals surface area (Å²) in [6, 6.07) is 6.57. The molecule has 0 amide bonds. The second-order valence-corrected chi connectivity index (χ2v) is 4.63. The molecule has 0 fully saturated rings. The van der Waals surface area contributed by atoms with Gasteiger partial charge >= 0.3 is 0 Å². The average molecular weight is 234 g/mol. The number of nitrogens with zero attached hydrogens (tertiary/aromatic N) is 1. The van der Waals surface area contributed by atoms with Crippen LogP contribution < -0.4 is 10.1 Å². The Kier molecular flexibility index (Phi) is 4.40. The Labute approximate surface area is 104 Å². The Morgan fingerprint density at radius 3 is 3.12 bits per heavy atom. The topological polar surface area (TPSA) is 24.5 Å². The fraction of sp³-hybridized carbons (Fsp3) is 0.571. The predicted molar refractivity (Wildman–Crippen MR) is 70.5 cm³/mol. The molecule has 0 atom stereocenters. The molecular formula is C14H22N2O. The Morgan fingerprint density at radius 2 is 2.29 bits per heavy atom. The molecule has 1 aromatic carbocycles. The van der Waals surface area contributed by atoms with Crippen LogP contribution in [-0.2, 0) is 13.0 Å². The van der Waals surface area contributed by atoms with Gasteiger partial charge in [0.1, 0.15) is 5.75 Å². The molecular weight excluding hydrogens is 212 g/mol. The maximum Gasteiger partial charge on any atom is 0.122 e. The number of likely N-dealkylation sites (N-methyl/N-ethyl adjacent to an activating group) is 2. The molecule has 1 aliphatic rings. The van der Waals surface area contributed by atoms with E-state index in [0.717, 1.165) is 45.0 Å². The van der Waals surface area contributed by atoms with Crippen LogP contribution in [0.1, 0.15) is 18.1 Å². The summed E-state index contributed by atoms with van der Waals surface area (Å²) >= 11 is 0. The van der Waals surface area contributed by atoms with Crippen molar-refractivity contribution in [2.24, 2.45) is 0 Å². The fourth-order valence-electron chi connectivity index (χ4n) is 2.18. The number of nitrogens with one attached hydrogen (secondary N) is 1. The molecule has 1 aromatic rings. The summed E-state index contributed by atoms with van der Waals surface area (Å²) in [5, 5.41) is 3.34. The highest BCUT2D eigenvalue weighted by molar-refractivity contribution is 5.39. The summed E-state index contributed by atoms with van der Waals surface area (Å²) < 4.78 is 5.51. The molecule has 0 unspecified atom stereocenters. The molecule has 0 radical (unpaired) electrons. The minimum atomic E-state index is 0.842. The van der Waals surface area contributed by atoms with Crippen molar-refractivity contribution in [3.8, 4) is 5.75 Å². The first-order valence-electron chi connectivity index (χ1n) is 6.43. The average Bonchev–Trinajstić information content (AvgIpc) is 2.76. The quantitative estimate of drug-likeness (QED) is 0.758. The number of benzene rings is 1. The summed E-state index contributed by atoms with van der Waals surface area (Å²) in [5.74, 6) is 1.07. The summed E-state index contributed by atoms with van der Waals surface area (Å²) in [4.78, 5) is 2.35. The number of hydrogen-bond acceptors (Lipinski definition) is 3. The Morgan fingerprint density at radius 1 is 1.41 bits per heavy atom. The summed E-state index contributed by atoms with van der Waals surface area (Å²) in [6.07, 6.45) is 1.06. The van der Waals surface area contributed by atoms with Gasteiger partial charge in [-0.2, -0.15) is 0 Å². The van der Waals surface area contributed by atoms with Crippen LogP contribution in [0, 0.1) is 0 Å². The first-order chi connectivity index (χ1) is 8.29. The van der Waals surface area contributed by atoms with E-state index in [9.17, 15) is 0 Å². The van der Waals surface area contributed by atoms with Gasteiger partial charge in [-0.15, -0.1) is 0 Å².